The van der Waals surface area contributed by atoms with Gasteiger partial charge in [0.15, 0.2) is 0 Å². The highest BCUT2D eigenvalue weighted by molar-refractivity contribution is 7.92. The molecule has 0 amide bonds. The number of nitro groups is 1. The van der Waals surface area contributed by atoms with Gasteiger partial charge in [-0.25, -0.2) is 13.2 Å². The molecule has 0 aliphatic rings. The summed E-state index contributed by atoms with van der Waals surface area (Å²) in [6.07, 6.45) is 1.45. The molecule has 0 spiro atoms. The van der Waals surface area contributed by atoms with Crippen LogP contribution in [0.4, 0.5) is 17.1 Å². The molecule has 0 radical (unpaired) electrons. The highest BCUT2D eigenvalue weighted by atomic mass is 32.2. The molecule has 11 nitrogen and oxygen atoms in total. The monoisotopic (exact) mass is 444 g/mol. The van der Waals surface area contributed by atoms with Gasteiger partial charge in [0.25, 0.3) is 15.7 Å². The van der Waals surface area contributed by atoms with E-state index in [1.807, 2.05) is 0 Å². The van der Waals surface area contributed by atoms with Crippen LogP contribution >= 0.6 is 0 Å². The fourth-order valence-corrected chi connectivity index (χ4v) is 3.67. The van der Waals surface area contributed by atoms with Crippen molar-refractivity contribution in [2.45, 2.75) is 11.8 Å². The Balaban J connectivity index is 1.92. The van der Waals surface area contributed by atoms with Gasteiger partial charge in [-0.05, 0) is 43.3 Å². The van der Waals surface area contributed by atoms with Crippen LogP contribution in [-0.2, 0) is 10.0 Å². The van der Waals surface area contributed by atoms with E-state index in [1.54, 1.807) is 19.1 Å². The summed E-state index contributed by atoms with van der Waals surface area (Å²) in [4.78, 5) is 21.6. The number of hydrogen-bond acceptors (Lipinski definition) is 8. The van der Waals surface area contributed by atoms with E-state index in [1.165, 1.54) is 36.6 Å². The Morgan fingerprint density at radius 1 is 1.13 bits per heavy atom. The van der Waals surface area contributed by atoms with Gasteiger partial charge >= 0.3 is 5.97 Å². The van der Waals surface area contributed by atoms with Crippen LogP contribution in [0.5, 0.6) is 0 Å². The van der Waals surface area contributed by atoms with E-state index in [4.69, 9.17) is 4.42 Å². The Labute approximate surface area is 176 Å². The number of anilines is 2. The molecule has 2 aromatic carbocycles. The highest BCUT2D eigenvalue weighted by Crippen LogP contribution is 2.29. The van der Waals surface area contributed by atoms with Gasteiger partial charge < -0.3 is 9.52 Å². The number of benzene rings is 2. The number of nitro benzene ring substituents is 1. The van der Waals surface area contributed by atoms with Crippen molar-refractivity contribution in [2.75, 3.05) is 10.1 Å². The molecule has 0 bridgehead atoms. The van der Waals surface area contributed by atoms with Crippen LogP contribution in [0.25, 0.3) is 0 Å². The number of sulfonamides is 1. The van der Waals surface area contributed by atoms with E-state index >= 15 is 0 Å². The van der Waals surface area contributed by atoms with Crippen molar-refractivity contribution in [3.63, 3.8) is 0 Å². The summed E-state index contributed by atoms with van der Waals surface area (Å²) in [5.41, 5.74) is 1.94. The van der Waals surface area contributed by atoms with Gasteiger partial charge in [0.2, 0.25) is 0 Å². The summed E-state index contributed by atoms with van der Waals surface area (Å²) in [6.45, 7) is 1.63. The third-order valence-electron chi connectivity index (χ3n) is 4.10. The first kappa shape index (κ1) is 21.5. The molecule has 12 heteroatoms. The van der Waals surface area contributed by atoms with Gasteiger partial charge in [0, 0.05) is 6.07 Å². The molecule has 0 fully saturated rings. The Kier molecular flexibility index (Phi) is 6.02. The first-order chi connectivity index (χ1) is 14.7. The lowest BCUT2D eigenvalue weighted by Crippen LogP contribution is -2.16. The van der Waals surface area contributed by atoms with E-state index in [2.05, 4.69) is 15.2 Å². The SMILES string of the molecule is CC(=NNc1ccc(S(=O)(=O)Nc2ccccc2C(=O)O)cc1[N+](=O)[O-])c1ccco1. The maximum Gasteiger partial charge on any atom is 0.337 e. The first-order valence-corrected chi connectivity index (χ1v) is 10.1. The lowest BCUT2D eigenvalue weighted by atomic mass is 10.2. The van der Waals surface area contributed by atoms with Gasteiger partial charge in [-0.15, -0.1) is 0 Å². The number of nitrogens with one attached hydrogen (secondary N) is 2. The fraction of sp³-hybridized carbons (Fsp3) is 0.0526. The predicted molar refractivity (Wildman–Crippen MR) is 112 cm³/mol. The van der Waals surface area contributed by atoms with Crippen molar-refractivity contribution in [2.24, 2.45) is 5.10 Å². The van der Waals surface area contributed by atoms with Gasteiger partial charge in [-0.2, -0.15) is 5.10 Å². The summed E-state index contributed by atoms with van der Waals surface area (Å²) < 4.78 is 32.7. The zero-order chi connectivity index (χ0) is 22.6. The Morgan fingerprint density at radius 2 is 1.87 bits per heavy atom. The number of hydrazone groups is 1. The minimum Gasteiger partial charge on any atom is -0.478 e. The first-order valence-electron chi connectivity index (χ1n) is 8.67. The molecule has 0 aliphatic carbocycles. The maximum atomic E-state index is 12.7. The number of aromatic carboxylic acids is 1. The highest BCUT2D eigenvalue weighted by Gasteiger charge is 2.23. The van der Waals surface area contributed by atoms with Crippen LogP contribution in [0.2, 0.25) is 0 Å². The van der Waals surface area contributed by atoms with Gasteiger partial charge in [-0.3, -0.25) is 20.3 Å². The Bertz CT molecular complexity index is 1270. The lowest BCUT2D eigenvalue weighted by molar-refractivity contribution is -0.384. The van der Waals surface area contributed by atoms with Crippen molar-refractivity contribution in [3.8, 4) is 0 Å². The molecule has 3 N–H and O–H groups in total. The molecule has 0 saturated heterocycles. The predicted octanol–water partition coefficient (Wildman–Crippen LogP) is 3.52. The second kappa shape index (κ2) is 8.67. The van der Waals surface area contributed by atoms with Crippen molar-refractivity contribution < 1.29 is 27.7 Å². The number of carboxylic acid groups (broad SMARTS) is 1. The van der Waals surface area contributed by atoms with Crippen LogP contribution in [0, 0.1) is 10.1 Å². The average Bonchev–Trinajstić information content (AvgIpc) is 3.26. The third kappa shape index (κ3) is 4.87. The fourth-order valence-electron chi connectivity index (χ4n) is 2.57. The van der Waals surface area contributed by atoms with Crippen molar-refractivity contribution in [1.82, 2.24) is 0 Å². The molecule has 0 unspecified atom stereocenters. The second-order valence-corrected chi connectivity index (χ2v) is 7.86. The van der Waals surface area contributed by atoms with E-state index < -0.39 is 31.5 Å². The molecule has 0 saturated carbocycles. The van der Waals surface area contributed by atoms with Crippen molar-refractivity contribution >= 4 is 38.8 Å². The minimum absolute atomic E-state index is 0.0409. The van der Waals surface area contributed by atoms with Crippen LogP contribution in [0.1, 0.15) is 23.0 Å². The molecule has 0 aliphatic heterocycles. The standard InChI is InChI=1S/C19H16N4O7S/c1-12(18-7-4-10-30-18)20-21-16-9-8-13(11-17(16)23(26)27)31(28,29)22-15-6-3-2-5-14(15)19(24)25/h2-11,21-22H,1H3,(H,24,25). The third-order valence-corrected chi connectivity index (χ3v) is 5.46. The normalized spacial score (nSPS) is 11.7. The molecular weight excluding hydrogens is 428 g/mol. The van der Waals surface area contributed by atoms with Gasteiger partial charge in [0.1, 0.15) is 17.2 Å². The van der Waals surface area contributed by atoms with Crippen LogP contribution in [-0.4, -0.2) is 30.1 Å². The zero-order valence-corrected chi connectivity index (χ0v) is 16.8. The maximum absolute atomic E-state index is 12.7. The lowest BCUT2D eigenvalue weighted by Gasteiger charge is -2.11. The number of rotatable bonds is 8. The number of carboxylic acids is 1. The van der Waals surface area contributed by atoms with Crippen molar-refractivity contribution in [3.05, 3.63) is 82.3 Å². The number of furan rings is 1. The minimum atomic E-state index is -4.31. The van der Waals surface area contributed by atoms with Crippen LogP contribution < -0.4 is 10.1 Å². The molecule has 3 aromatic rings. The molecule has 31 heavy (non-hydrogen) atoms. The van der Waals surface area contributed by atoms with Crippen LogP contribution in [0.15, 0.2) is 75.3 Å². The second-order valence-electron chi connectivity index (χ2n) is 6.18. The smallest absolute Gasteiger partial charge is 0.337 e. The molecular formula is C19H16N4O7S. The molecule has 3 rings (SSSR count). The summed E-state index contributed by atoms with van der Waals surface area (Å²) >= 11 is 0. The Hall–Kier alpha value is -4.19. The molecule has 0 atom stereocenters. The number of para-hydroxylation sites is 1. The summed E-state index contributed by atoms with van der Waals surface area (Å²) in [7, 11) is -4.31. The molecule has 1 aromatic heterocycles. The largest absolute Gasteiger partial charge is 0.478 e. The number of carbonyl (C=O) groups is 1. The van der Waals surface area contributed by atoms with Crippen LogP contribution in [0.3, 0.4) is 0 Å². The summed E-state index contributed by atoms with van der Waals surface area (Å²) in [5, 5.41) is 24.7. The quantitative estimate of drug-likeness (QED) is 0.270. The average molecular weight is 444 g/mol. The topological polar surface area (TPSA) is 164 Å². The summed E-state index contributed by atoms with van der Waals surface area (Å²) in [5.74, 6) is -0.871. The van der Waals surface area contributed by atoms with E-state index in [0.29, 0.717) is 11.5 Å². The number of hydrogen-bond donors (Lipinski definition) is 3. The van der Waals surface area contributed by atoms with Crippen molar-refractivity contribution in [1.29, 1.82) is 0 Å². The molecule has 1 heterocycles. The number of nitrogens with zero attached hydrogens (tertiary/aromatic N) is 2. The Morgan fingerprint density at radius 3 is 2.52 bits per heavy atom. The van der Waals surface area contributed by atoms with Gasteiger partial charge in [-0.1, -0.05) is 12.1 Å². The van der Waals surface area contributed by atoms with E-state index in [9.17, 15) is 28.4 Å². The van der Waals surface area contributed by atoms with E-state index in [0.717, 1.165) is 12.1 Å². The molecule has 160 valence electrons. The zero-order valence-electron chi connectivity index (χ0n) is 16.0. The van der Waals surface area contributed by atoms with E-state index in [-0.39, 0.29) is 16.9 Å². The van der Waals surface area contributed by atoms with Gasteiger partial charge in [0.05, 0.1) is 27.3 Å². The summed E-state index contributed by atoms with van der Waals surface area (Å²) in [6, 6.07) is 11.9.